The number of unbranched alkanes of at least 4 members (excludes halogenated alkanes) is 24. The van der Waals surface area contributed by atoms with Crippen LogP contribution in [-0.2, 0) is 19.1 Å². The number of nitrogens with zero attached hydrogens (tertiary/aromatic N) is 1. The predicted octanol–water partition coefficient (Wildman–Crippen LogP) is 12.4. The van der Waals surface area contributed by atoms with Crippen molar-refractivity contribution in [3.8, 4) is 0 Å². The summed E-state index contributed by atoms with van der Waals surface area (Å²) in [5.41, 5.74) is 0. The fourth-order valence-corrected chi connectivity index (χ4v) is 6.23. The van der Waals surface area contributed by atoms with Gasteiger partial charge in [0.25, 0.3) is 0 Å². The third-order valence-electron chi connectivity index (χ3n) is 9.47. The van der Waals surface area contributed by atoms with E-state index in [4.69, 9.17) is 9.47 Å². The SMILES string of the molecule is CCCCCCCCCCCCCCCC(COC(=O)C(C)CCCCCCCCCCCCCC)OC(=O)CCCCN(C)C. The minimum absolute atomic E-state index is 0.0955. The first-order valence-corrected chi connectivity index (χ1v) is 20.4. The van der Waals surface area contributed by atoms with E-state index in [2.05, 4.69) is 32.8 Å². The highest BCUT2D eigenvalue weighted by atomic mass is 16.6. The summed E-state index contributed by atoms with van der Waals surface area (Å²) in [6, 6.07) is 0. The molecule has 2 unspecified atom stereocenters. The molecule has 0 aliphatic rings. The van der Waals surface area contributed by atoms with E-state index in [1.54, 1.807) is 0 Å². The highest BCUT2D eigenvalue weighted by molar-refractivity contribution is 5.72. The van der Waals surface area contributed by atoms with Crippen LogP contribution in [0.2, 0.25) is 0 Å². The summed E-state index contributed by atoms with van der Waals surface area (Å²) >= 11 is 0. The van der Waals surface area contributed by atoms with Crippen LogP contribution in [0.25, 0.3) is 0 Å². The maximum absolute atomic E-state index is 12.8. The maximum atomic E-state index is 12.8. The Labute approximate surface area is 288 Å². The summed E-state index contributed by atoms with van der Waals surface area (Å²) in [7, 11) is 4.11. The van der Waals surface area contributed by atoms with Gasteiger partial charge in [0, 0.05) is 6.42 Å². The molecule has 5 heteroatoms. The van der Waals surface area contributed by atoms with Gasteiger partial charge in [-0.15, -0.1) is 0 Å². The molecule has 0 aromatic rings. The average Bonchev–Trinajstić information content (AvgIpc) is 3.04. The number of ether oxygens (including phenoxy) is 2. The van der Waals surface area contributed by atoms with Gasteiger partial charge in [-0.2, -0.15) is 0 Å². The van der Waals surface area contributed by atoms with Crippen molar-refractivity contribution < 1.29 is 19.1 Å². The summed E-state index contributed by atoms with van der Waals surface area (Å²) in [4.78, 5) is 27.5. The van der Waals surface area contributed by atoms with Crippen LogP contribution in [0.3, 0.4) is 0 Å². The molecule has 0 saturated heterocycles. The van der Waals surface area contributed by atoms with Gasteiger partial charge in [-0.3, -0.25) is 9.59 Å². The van der Waals surface area contributed by atoms with E-state index < -0.39 is 0 Å². The zero-order valence-corrected chi connectivity index (χ0v) is 31.9. The highest BCUT2D eigenvalue weighted by Crippen LogP contribution is 2.18. The third-order valence-corrected chi connectivity index (χ3v) is 9.47. The lowest BCUT2D eigenvalue weighted by Gasteiger charge is -2.19. The van der Waals surface area contributed by atoms with Crippen molar-refractivity contribution in [2.24, 2.45) is 5.92 Å². The van der Waals surface area contributed by atoms with Crippen molar-refractivity contribution in [3.63, 3.8) is 0 Å². The zero-order valence-electron chi connectivity index (χ0n) is 31.9. The van der Waals surface area contributed by atoms with Gasteiger partial charge in [0.05, 0.1) is 5.92 Å². The first-order chi connectivity index (χ1) is 22.4. The fraction of sp³-hybridized carbons (Fsp3) is 0.951. The van der Waals surface area contributed by atoms with Gasteiger partial charge in [-0.25, -0.2) is 0 Å². The van der Waals surface area contributed by atoms with E-state index in [0.717, 1.165) is 51.5 Å². The smallest absolute Gasteiger partial charge is 0.308 e. The van der Waals surface area contributed by atoms with Gasteiger partial charge in [0.15, 0.2) is 0 Å². The van der Waals surface area contributed by atoms with E-state index in [9.17, 15) is 9.59 Å². The van der Waals surface area contributed by atoms with Crippen LogP contribution in [0.15, 0.2) is 0 Å². The second kappa shape index (κ2) is 35.2. The Bertz CT molecular complexity index is 652. The molecule has 0 aromatic heterocycles. The molecule has 0 saturated carbocycles. The molecule has 2 atom stereocenters. The number of esters is 2. The maximum Gasteiger partial charge on any atom is 0.308 e. The van der Waals surface area contributed by atoms with Gasteiger partial charge < -0.3 is 14.4 Å². The molecule has 0 bridgehead atoms. The molecule has 0 amide bonds. The minimum atomic E-state index is -0.322. The molecule has 0 spiro atoms. The van der Waals surface area contributed by atoms with E-state index in [0.29, 0.717) is 6.42 Å². The number of carbonyl (C=O) groups is 2. The van der Waals surface area contributed by atoms with Crippen LogP contribution < -0.4 is 0 Å². The minimum Gasteiger partial charge on any atom is -0.462 e. The molecule has 0 heterocycles. The van der Waals surface area contributed by atoms with Crippen LogP contribution in [0, 0.1) is 5.92 Å². The molecule has 274 valence electrons. The normalized spacial score (nSPS) is 12.8. The van der Waals surface area contributed by atoms with Gasteiger partial charge in [0.1, 0.15) is 12.7 Å². The Kier molecular flexibility index (Phi) is 34.4. The highest BCUT2D eigenvalue weighted by Gasteiger charge is 2.20. The largest absolute Gasteiger partial charge is 0.462 e. The van der Waals surface area contributed by atoms with Crippen LogP contribution in [-0.4, -0.2) is 50.2 Å². The summed E-state index contributed by atoms with van der Waals surface area (Å²) in [5, 5.41) is 0. The number of hydrogen-bond donors (Lipinski definition) is 0. The molecule has 0 aliphatic heterocycles. The molecule has 0 radical (unpaired) electrons. The molecule has 0 N–H and O–H groups in total. The van der Waals surface area contributed by atoms with Gasteiger partial charge in [-0.1, -0.05) is 175 Å². The zero-order chi connectivity index (χ0) is 33.9. The summed E-state index contributed by atoms with van der Waals surface area (Å²) in [6.45, 7) is 7.71. The Balaban J connectivity index is 4.20. The quantitative estimate of drug-likeness (QED) is 0.0498. The lowest BCUT2D eigenvalue weighted by Crippen LogP contribution is -2.27. The summed E-state index contributed by atoms with van der Waals surface area (Å²) in [6.07, 6.45) is 36.5. The lowest BCUT2D eigenvalue weighted by atomic mass is 10.0. The van der Waals surface area contributed by atoms with Crippen LogP contribution in [0.1, 0.15) is 213 Å². The molecule has 0 aromatic carbocycles. The number of rotatable bonds is 36. The second-order valence-electron chi connectivity index (χ2n) is 14.6. The molecular weight excluding hydrogens is 570 g/mol. The Morgan fingerprint density at radius 2 is 0.913 bits per heavy atom. The second-order valence-corrected chi connectivity index (χ2v) is 14.6. The van der Waals surface area contributed by atoms with E-state index in [1.165, 1.54) is 141 Å². The van der Waals surface area contributed by atoms with E-state index in [-0.39, 0.29) is 30.6 Å². The van der Waals surface area contributed by atoms with Crippen molar-refractivity contribution in [1.82, 2.24) is 4.90 Å². The Hall–Kier alpha value is -1.10. The molecule has 5 nitrogen and oxygen atoms in total. The predicted molar refractivity (Wildman–Crippen MR) is 198 cm³/mol. The first-order valence-electron chi connectivity index (χ1n) is 20.4. The molecule has 46 heavy (non-hydrogen) atoms. The monoisotopic (exact) mass is 652 g/mol. The summed E-state index contributed by atoms with van der Waals surface area (Å²) in [5.74, 6) is -0.388. The molecule has 0 aliphatic carbocycles. The fourth-order valence-electron chi connectivity index (χ4n) is 6.23. The van der Waals surface area contributed by atoms with Crippen molar-refractivity contribution in [1.29, 1.82) is 0 Å². The number of carbonyl (C=O) groups excluding carboxylic acids is 2. The first kappa shape index (κ1) is 44.9. The summed E-state index contributed by atoms with van der Waals surface area (Å²) < 4.78 is 11.6. The van der Waals surface area contributed by atoms with E-state index >= 15 is 0 Å². The van der Waals surface area contributed by atoms with Crippen LogP contribution >= 0.6 is 0 Å². The molecule has 0 rings (SSSR count). The van der Waals surface area contributed by atoms with Gasteiger partial charge in [0.2, 0.25) is 0 Å². The Morgan fingerprint density at radius 1 is 0.522 bits per heavy atom. The average molecular weight is 652 g/mol. The third kappa shape index (κ3) is 32.8. The van der Waals surface area contributed by atoms with E-state index in [1.807, 2.05) is 6.92 Å². The van der Waals surface area contributed by atoms with Gasteiger partial charge in [-0.05, 0) is 52.7 Å². The van der Waals surface area contributed by atoms with Crippen molar-refractivity contribution in [2.75, 3.05) is 27.2 Å². The van der Waals surface area contributed by atoms with Crippen LogP contribution in [0.5, 0.6) is 0 Å². The number of hydrogen-bond acceptors (Lipinski definition) is 5. The van der Waals surface area contributed by atoms with Gasteiger partial charge >= 0.3 is 11.9 Å². The van der Waals surface area contributed by atoms with Crippen molar-refractivity contribution in [3.05, 3.63) is 0 Å². The Morgan fingerprint density at radius 3 is 1.33 bits per heavy atom. The molecular formula is C41H81NO4. The van der Waals surface area contributed by atoms with Crippen molar-refractivity contribution in [2.45, 2.75) is 219 Å². The lowest BCUT2D eigenvalue weighted by molar-refractivity contribution is -0.161. The van der Waals surface area contributed by atoms with Crippen LogP contribution in [0.4, 0.5) is 0 Å². The topological polar surface area (TPSA) is 55.8 Å². The molecule has 0 fully saturated rings. The standard InChI is InChI=1S/C41H81NO4/c1-6-8-10-12-14-16-18-20-22-24-26-28-30-34-39(46-40(43)35-31-32-36-42(4)5)37-45-41(44)38(3)33-29-27-25-23-21-19-17-15-13-11-9-7-2/h38-39H,6-37H2,1-5H3. The van der Waals surface area contributed by atoms with Crippen molar-refractivity contribution >= 4 is 11.9 Å².